The van der Waals surface area contributed by atoms with Gasteiger partial charge in [-0.25, -0.2) is 4.98 Å². The van der Waals surface area contributed by atoms with Gasteiger partial charge < -0.3 is 20.5 Å². The molecule has 0 bridgehead atoms. The highest BCUT2D eigenvalue weighted by molar-refractivity contribution is 5.27. The maximum Gasteiger partial charge on any atom is 0.226 e. The van der Waals surface area contributed by atoms with Gasteiger partial charge in [-0.2, -0.15) is 4.98 Å². The lowest BCUT2D eigenvalue weighted by Crippen LogP contribution is -2.15. The van der Waals surface area contributed by atoms with Crippen LogP contribution in [-0.4, -0.2) is 42.9 Å². The second-order valence-electron chi connectivity index (χ2n) is 3.39. The Bertz CT molecular complexity index is 309. The second-order valence-corrected chi connectivity index (χ2v) is 3.39. The Labute approximate surface area is 102 Å². The van der Waals surface area contributed by atoms with Crippen LogP contribution in [0.1, 0.15) is 13.3 Å². The molecule has 0 saturated carbocycles. The molecule has 1 rings (SSSR count). The van der Waals surface area contributed by atoms with Gasteiger partial charge in [0, 0.05) is 25.4 Å². The molecule has 1 aromatic rings. The molecule has 1 heterocycles. The second kappa shape index (κ2) is 8.72. The zero-order valence-corrected chi connectivity index (χ0v) is 10.2. The molecule has 0 fully saturated rings. The molecule has 6 nitrogen and oxygen atoms in total. The molecule has 1 aromatic heterocycles. The van der Waals surface area contributed by atoms with Gasteiger partial charge >= 0.3 is 0 Å². The molecule has 0 aliphatic heterocycles. The van der Waals surface area contributed by atoms with Crippen molar-refractivity contribution in [2.75, 3.05) is 38.2 Å². The van der Waals surface area contributed by atoms with Gasteiger partial charge in [-0.05, 0) is 6.42 Å². The number of nitrogens with one attached hydrogen (secondary N) is 1. The minimum absolute atomic E-state index is 0.539. The zero-order chi connectivity index (χ0) is 12.3. The molecule has 3 N–H and O–H groups in total. The molecule has 0 atom stereocenters. The van der Waals surface area contributed by atoms with Crippen molar-refractivity contribution in [3.05, 3.63) is 12.3 Å². The number of nitrogens with zero attached hydrogens (tertiary/aromatic N) is 2. The van der Waals surface area contributed by atoms with E-state index in [1.807, 2.05) is 0 Å². The monoisotopic (exact) mass is 240 g/mol. The standard InChI is InChI=1S/C11H20N4O2/c1-2-7-17-10-3-5-13-11(15-10)14-6-9-16-8-4-12/h3,5H,2,4,6-9,12H2,1H3,(H,13,14,15). The predicted octanol–water partition coefficient (Wildman–Crippen LogP) is 0.653. The van der Waals surface area contributed by atoms with E-state index in [2.05, 4.69) is 22.2 Å². The Morgan fingerprint density at radius 1 is 1.35 bits per heavy atom. The third kappa shape index (κ3) is 6.03. The number of anilines is 1. The summed E-state index contributed by atoms with van der Waals surface area (Å²) in [6.45, 7) is 5.06. The summed E-state index contributed by atoms with van der Waals surface area (Å²) in [4.78, 5) is 8.29. The average Bonchev–Trinajstić information content (AvgIpc) is 2.37. The Morgan fingerprint density at radius 3 is 3.00 bits per heavy atom. The predicted molar refractivity (Wildman–Crippen MR) is 66.2 cm³/mol. The first kappa shape index (κ1) is 13.7. The van der Waals surface area contributed by atoms with Gasteiger partial charge in [-0.3, -0.25) is 0 Å². The summed E-state index contributed by atoms with van der Waals surface area (Å²) < 4.78 is 10.6. The van der Waals surface area contributed by atoms with E-state index >= 15 is 0 Å². The minimum atomic E-state index is 0.539. The molecule has 0 aromatic carbocycles. The lowest BCUT2D eigenvalue weighted by atomic mass is 10.5. The van der Waals surface area contributed by atoms with Crippen molar-refractivity contribution >= 4 is 5.95 Å². The summed E-state index contributed by atoms with van der Waals surface area (Å²) in [5.41, 5.74) is 5.30. The summed E-state index contributed by atoms with van der Waals surface area (Å²) in [5.74, 6) is 1.14. The smallest absolute Gasteiger partial charge is 0.226 e. The SMILES string of the molecule is CCCOc1ccnc(NCCOCCN)n1. The van der Waals surface area contributed by atoms with E-state index in [-0.39, 0.29) is 0 Å². The molecular formula is C11H20N4O2. The zero-order valence-electron chi connectivity index (χ0n) is 10.2. The molecule has 0 aliphatic carbocycles. The molecule has 0 spiro atoms. The van der Waals surface area contributed by atoms with Gasteiger partial charge in [-0.1, -0.05) is 6.92 Å². The molecule has 0 saturated heterocycles. The van der Waals surface area contributed by atoms with Gasteiger partial charge in [0.25, 0.3) is 0 Å². The van der Waals surface area contributed by atoms with Gasteiger partial charge in [0.05, 0.1) is 19.8 Å². The summed E-state index contributed by atoms with van der Waals surface area (Å²) in [5, 5.41) is 3.05. The minimum Gasteiger partial charge on any atom is -0.478 e. The Kier molecular flexibility index (Phi) is 7.01. The van der Waals surface area contributed by atoms with Crippen LogP contribution in [-0.2, 0) is 4.74 Å². The number of aromatic nitrogens is 2. The van der Waals surface area contributed by atoms with Gasteiger partial charge in [0.15, 0.2) is 0 Å². The number of ether oxygens (including phenoxy) is 2. The first-order valence-corrected chi connectivity index (χ1v) is 5.84. The van der Waals surface area contributed by atoms with Gasteiger partial charge in [-0.15, -0.1) is 0 Å². The first-order valence-electron chi connectivity index (χ1n) is 5.84. The van der Waals surface area contributed by atoms with Crippen LogP contribution in [0, 0.1) is 0 Å². The van der Waals surface area contributed by atoms with Crippen molar-refractivity contribution in [3.63, 3.8) is 0 Å². The molecule has 0 amide bonds. The average molecular weight is 240 g/mol. The van der Waals surface area contributed by atoms with Crippen LogP contribution >= 0.6 is 0 Å². The fraction of sp³-hybridized carbons (Fsp3) is 0.636. The maximum atomic E-state index is 5.40. The summed E-state index contributed by atoms with van der Waals surface area (Å²) in [7, 11) is 0. The van der Waals surface area contributed by atoms with Crippen molar-refractivity contribution in [3.8, 4) is 5.88 Å². The Balaban J connectivity index is 2.27. The highest BCUT2D eigenvalue weighted by Crippen LogP contribution is 2.08. The van der Waals surface area contributed by atoms with E-state index in [0.717, 1.165) is 6.42 Å². The lowest BCUT2D eigenvalue weighted by molar-refractivity contribution is 0.151. The van der Waals surface area contributed by atoms with E-state index < -0.39 is 0 Å². The number of hydrogen-bond donors (Lipinski definition) is 2. The molecule has 6 heteroatoms. The first-order chi connectivity index (χ1) is 8.36. The Hall–Kier alpha value is -1.40. The van der Waals surface area contributed by atoms with Gasteiger partial charge in [0.2, 0.25) is 11.8 Å². The van der Waals surface area contributed by atoms with Crippen LogP contribution in [0.5, 0.6) is 5.88 Å². The van der Waals surface area contributed by atoms with Crippen LogP contribution < -0.4 is 15.8 Å². The van der Waals surface area contributed by atoms with Crippen molar-refractivity contribution < 1.29 is 9.47 Å². The third-order valence-electron chi connectivity index (χ3n) is 1.88. The van der Waals surface area contributed by atoms with E-state index in [4.69, 9.17) is 15.2 Å². The quantitative estimate of drug-likeness (QED) is 0.617. The van der Waals surface area contributed by atoms with E-state index in [1.165, 1.54) is 0 Å². The largest absolute Gasteiger partial charge is 0.478 e. The maximum absolute atomic E-state index is 5.40. The normalized spacial score (nSPS) is 10.2. The van der Waals surface area contributed by atoms with Crippen molar-refractivity contribution in [2.45, 2.75) is 13.3 Å². The fourth-order valence-corrected chi connectivity index (χ4v) is 1.13. The summed E-state index contributed by atoms with van der Waals surface area (Å²) in [6, 6.07) is 1.74. The van der Waals surface area contributed by atoms with Crippen molar-refractivity contribution in [1.29, 1.82) is 0 Å². The molecule has 0 aliphatic rings. The number of hydrogen-bond acceptors (Lipinski definition) is 6. The molecular weight excluding hydrogens is 220 g/mol. The van der Waals surface area contributed by atoms with Gasteiger partial charge in [0.1, 0.15) is 0 Å². The van der Waals surface area contributed by atoms with Crippen LogP contribution in [0.3, 0.4) is 0 Å². The molecule has 17 heavy (non-hydrogen) atoms. The van der Waals surface area contributed by atoms with Crippen molar-refractivity contribution in [1.82, 2.24) is 9.97 Å². The van der Waals surface area contributed by atoms with Crippen molar-refractivity contribution in [2.24, 2.45) is 5.73 Å². The van der Waals surface area contributed by atoms with E-state index in [9.17, 15) is 0 Å². The molecule has 0 radical (unpaired) electrons. The third-order valence-corrected chi connectivity index (χ3v) is 1.88. The topological polar surface area (TPSA) is 82.3 Å². The number of nitrogens with two attached hydrogens (primary N) is 1. The summed E-state index contributed by atoms with van der Waals surface area (Å²) in [6.07, 6.45) is 2.63. The molecule has 0 unspecified atom stereocenters. The fourth-order valence-electron chi connectivity index (χ4n) is 1.13. The highest BCUT2D eigenvalue weighted by atomic mass is 16.5. The number of rotatable bonds is 9. The highest BCUT2D eigenvalue weighted by Gasteiger charge is 1.98. The Morgan fingerprint density at radius 2 is 2.24 bits per heavy atom. The molecule has 96 valence electrons. The lowest BCUT2D eigenvalue weighted by Gasteiger charge is -2.07. The van der Waals surface area contributed by atoms with Crippen LogP contribution in [0.4, 0.5) is 5.95 Å². The van der Waals surface area contributed by atoms with Crippen LogP contribution in [0.2, 0.25) is 0 Å². The van der Waals surface area contributed by atoms with E-state index in [1.54, 1.807) is 12.3 Å². The van der Waals surface area contributed by atoms with E-state index in [0.29, 0.717) is 44.7 Å². The van der Waals surface area contributed by atoms with Crippen LogP contribution in [0.15, 0.2) is 12.3 Å². The summed E-state index contributed by atoms with van der Waals surface area (Å²) >= 11 is 0. The van der Waals surface area contributed by atoms with Crippen LogP contribution in [0.25, 0.3) is 0 Å².